The number of hydrogen-bond donors (Lipinski definition) is 1. The average Bonchev–Trinajstić information content (AvgIpc) is 3.11. The second-order valence-electron chi connectivity index (χ2n) is 8.00. The van der Waals surface area contributed by atoms with Crippen molar-refractivity contribution < 1.29 is 14.2 Å². The lowest BCUT2D eigenvalue weighted by molar-refractivity contribution is 0.121. The molecule has 0 spiro atoms. The Bertz CT molecular complexity index is 1040. The summed E-state index contributed by atoms with van der Waals surface area (Å²) in [5.74, 6) is 0.514. The van der Waals surface area contributed by atoms with E-state index in [9.17, 15) is 9.50 Å². The number of nitrogens with zero attached hydrogens (tertiary/aromatic N) is 2. The Kier molecular flexibility index (Phi) is 5.01. The molecule has 0 saturated carbocycles. The van der Waals surface area contributed by atoms with E-state index in [4.69, 9.17) is 4.74 Å². The number of ether oxygens (including phenoxy) is 1. The zero-order valence-electron chi connectivity index (χ0n) is 16.9. The summed E-state index contributed by atoms with van der Waals surface area (Å²) in [6.07, 6.45) is 4.85. The van der Waals surface area contributed by atoms with Gasteiger partial charge in [-0.3, -0.25) is 0 Å². The van der Waals surface area contributed by atoms with Gasteiger partial charge in [0.25, 0.3) is 0 Å². The molecule has 2 atom stereocenters. The monoisotopic (exact) mass is 392 g/mol. The zero-order chi connectivity index (χ0) is 20.6. The normalized spacial score (nSPS) is 19.4. The smallest absolute Gasteiger partial charge is 0.123 e. The van der Waals surface area contributed by atoms with Gasteiger partial charge in [0.15, 0.2) is 0 Å². The first kappa shape index (κ1) is 19.4. The van der Waals surface area contributed by atoms with Crippen molar-refractivity contribution in [3.05, 3.63) is 82.9 Å². The molecular formula is C24H25FN2O2. The molecule has 0 amide bonds. The summed E-state index contributed by atoms with van der Waals surface area (Å²) in [6, 6.07) is 13.9. The van der Waals surface area contributed by atoms with Crippen LogP contribution in [-0.4, -0.2) is 22.0 Å². The van der Waals surface area contributed by atoms with Gasteiger partial charge >= 0.3 is 0 Å². The molecule has 0 fully saturated rings. The van der Waals surface area contributed by atoms with Crippen molar-refractivity contribution in [1.29, 1.82) is 0 Å². The van der Waals surface area contributed by atoms with Crippen LogP contribution in [0.2, 0.25) is 0 Å². The van der Waals surface area contributed by atoms with Crippen LogP contribution < -0.4 is 4.74 Å². The Morgan fingerprint density at radius 2 is 1.86 bits per heavy atom. The maximum atomic E-state index is 13.3. The van der Waals surface area contributed by atoms with Crippen LogP contribution in [0.3, 0.4) is 0 Å². The molecule has 4 nitrogen and oxygen atoms in total. The molecule has 0 radical (unpaired) electrons. The van der Waals surface area contributed by atoms with Crippen molar-refractivity contribution in [2.24, 2.45) is 5.41 Å². The fraction of sp³-hybridized carbons (Fsp3) is 0.292. The van der Waals surface area contributed by atoms with E-state index in [2.05, 4.69) is 25.0 Å². The Labute approximate surface area is 170 Å². The minimum atomic E-state index is -0.567. The predicted octanol–water partition coefficient (Wildman–Crippen LogP) is 5.11. The van der Waals surface area contributed by atoms with Gasteiger partial charge in [-0.2, -0.15) is 5.10 Å². The quantitative estimate of drug-likeness (QED) is 0.656. The molecule has 1 N–H and O–H groups in total. The van der Waals surface area contributed by atoms with E-state index in [1.807, 2.05) is 35.1 Å². The first-order chi connectivity index (χ1) is 13.9. The molecule has 29 heavy (non-hydrogen) atoms. The highest BCUT2D eigenvalue weighted by molar-refractivity contribution is 5.60. The Hall–Kier alpha value is -2.92. The van der Waals surface area contributed by atoms with Gasteiger partial charge in [0.2, 0.25) is 0 Å². The van der Waals surface area contributed by atoms with E-state index in [-0.39, 0.29) is 11.2 Å². The van der Waals surface area contributed by atoms with Crippen LogP contribution in [0.1, 0.15) is 43.2 Å². The molecule has 1 aliphatic rings. The third-order valence-electron chi connectivity index (χ3n) is 5.99. The van der Waals surface area contributed by atoms with Gasteiger partial charge in [-0.1, -0.05) is 24.6 Å². The van der Waals surface area contributed by atoms with Gasteiger partial charge in [-0.15, -0.1) is 0 Å². The van der Waals surface area contributed by atoms with Gasteiger partial charge in [0.1, 0.15) is 11.6 Å². The maximum absolute atomic E-state index is 13.3. The van der Waals surface area contributed by atoms with Crippen molar-refractivity contribution in [1.82, 2.24) is 9.78 Å². The molecule has 1 heterocycles. The second-order valence-corrected chi connectivity index (χ2v) is 8.00. The number of benzene rings is 2. The van der Waals surface area contributed by atoms with Crippen molar-refractivity contribution in [2.45, 2.75) is 32.8 Å². The Morgan fingerprint density at radius 3 is 2.52 bits per heavy atom. The van der Waals surface area contributed by atoms with E-state index in [0.29, 0.717) is 6.42 Å². The first-order valence-electron chi connectivity index (χ1n) is 9.73. The number of hydrogen-bond acceptors (Lipinski definition) is 3. The molecule has 0 bridgehead atoms. The molecule has 5 heteroatoms. The Balaban J connectivity index is 1.59. The molecule has 3 aromatic rings. The molecule has 1 aromatic heterocycles. The number of aliphatic hydroxyl groups excluding tert-OH is 1. The molecule has 2 unspecified atom stereocenters. The van der Waals surface area contributed by atoms with E-state index < -0.39 is 6.10 Å². The first-order valence-corrected chi connectivity index (χ1v) is 9.73. The molecule has 4 rings (SSSR count). The summed E-state index contributed by atoms with van der Waals surface area (Å²) in [4.78, 5) is 0. The summed E-state index contributed by atoms with van der Waals surface area (Å²) in [5, 5.41) is 15.4. The number of allylic oxidation sites excluding steroid dienone is 1. The zero-order valence-corrected chi connectivity index (χ0v) is 16.9. The van der Waals surface area contributed by atoms with Gasteiger partial charge < -0.3 is 9.84 Å². The highest BCUT2D eigenvalue weighted by atomic mass is 19.1. The molecular weight excluding hydrogens is 367 g/mol. The molecule has 0 aliphatic heterocycles. The van der Waals surface area contributed by atoms with Crippen molar-refractivity contribution in [3.8, 4) is 11.4 Å². The van der Waals surface area contributed by atoms with E-state index in [0.717, 1.165) is 34.7 Å². The molecule has 150 valence electrons. The lowest BCUT2D eigenvalue weighted by atomic mass is 9.70. The molecule has 0 saturated heterocycles. The SMILES string of the molecule is COc1ccc(C(O)CC2(C)Cc3cnn(-c4ccc(F)cc4)c3C=C2C)cc1. The summed E-state index contributed by atoms with van der Waals surface area (Å²) < 4.78 is 20.3. The highest BCUT2D eigenvalue weighted by Crippen LogP contribution is 2.44. The van der Waals surface area contributed by atoms with Crippen LogP contribution in [0.15, 0.2) is 60.3 Å². The number of aromatic nitrogens is 2. The standard InChI is InChI=1S/C24H25FN2O2/c1-16-12-22-18(15-26-27(22)20-8-6-19(25)7-9-20)13-24(16,2)14-23(28)17-4-10-21(29-3)11-5-17/h4-12,15,23,28H,13-14H2,1-3H3. The van der Waals surface area contributed by atoms with Gasteiger partial charge in [-0.05, 0) is 78.8 Å². The summed E-state index contributed by atoms with van der Waals surface area (Å²) in [5.41, 5.74) is 4.88. The summed E-state index contributed by atoms with van der Waals surface area (Å²) >= 11 is 0. The van der Waals surface area contributed by atoms with Crippen LogP contribution in [0.5, 0.6) is 5.75 Å². The van der Waals surface area contributed by atoms with Crippen LogP contribution in [0.25, 0.3) is 11.8 Å². The van der Waals surface area contributed by atoms with E-state index in [1.54, 1.807) is 19.2 Å². The molecule has 1 aliphatic carbocycles. The number of halogens is 1. The lowest BCUT2D eigenvalue weighted by Gasteiger charge is -2.36. The van der Waals surface area contributed by atoms with Gasteiger partial charge in [0, 0.05) is 0 Å². The van der Waals surface area contributed by atoms with Crippen LogP contribution in [0, 0.1) is 11.2 Å². The largest absolute Gasteiger partial charge is 0.497 e. The van der Waals surface area contributed by atoms with Crippen molar-refractivity contribution in [2.75, 3.05) is 7.11 Å². The topological polar surface area (TPSA) is 47.3 Å². The van der Waals surface area contributed by atoms with E-state index >= 15 is 0 Å². The third-order valence-corrected chi connectivity index (χ3v) is 5.99. The second kappa shape index (κ2) is 7.48. The minimum absolute atomic E-state index is 0.178. The van der Waals surface area contributed by atoms with Crippen molar-refractivity contribution in [3.63, 3.8) is 0 Å². The minimum Gasteiger partial charge on any atom is -0.497 e. The van der Waals surface area contributed by atoms with Crippen LogP contribution >= 0.6 is 0 Å². The maximum Gasteiger partial charge on any atom is 0.123 e. The summed E-state index contributed by atoms with van der Waals surface area (Å²) in [6.45, 7) is 4.29. The van der Waals surface area contributed by atoms with Crippen LogP contribution in [-0.2, 0) is 6.42 Å². The highest BCUT2D eigenvalue weighted by Gasteiger charge is 2.35. The molecule has 2 aromatic carbocycles. The van der Waals surface area contributed by atoms with Gasteiger partial charge in [-0.25, -0.2) is 9.07 Å². The number of rotatable bonds is 5. The number of fused-ring (bicyclic) bond motifs is 1. The van der Waals surface area contributed by atoms with Gasteiger partial charge in [0.05, 0.1) is 30.8 Å². The fourth-order valence-electron chi connectivity index (χ4n) is 4.01. The number of aliphatic hydroxyl groups is 1. The van der Waals surface area contributed by atoms with Crippen molar-refractivity contribution >= 4 is 6.08 Å². The lowest BCUT2D eigenvalue weighted by Crippen LogP contribution is -2.27. The Morgan fingerprint density at radius 1 is 1.17 bits per heavy atom. The predicted molar refractivity (Wildman–Crippen MR) is 112 cm³/mol. The third kappa shape index (κ3) is 3.70. The fourth-order valence-corrected chi connectivity index (χ4v) is 4.01. The number of methoxy groups -OCH3 is 1. The van der Waals surface area contributed by atoms with E-state index in [1.165, 1.54) is 17.7 Å². The summed E-state index contributed by atoms with van der Waals surface area (Å²) in [7, 11) is 1.63. The average molecular weight is 392 g/mol. The van der Waals surface area contributed by atoms with Crippen LogP contribution in [0.4, 0.5) is 4.39 Å².